The Kier molecular flexibility index (Phi) is 8.59. The number of hydrogen-bond donors (Lipinski definition) is 0. The number of carbonyl (C=O) groups is 1. The average Bonchev–Trinajstić information content (AvgIpc) is 3.20. The number of ether oxygens (including phenoxy) is 1. The maximum Gasteiger partial charge on any atom is 0.279 e. The van der Waals surface area contributed by atoms with Crippen molar-refractivity contribution in [3.05, 3.63) is 57.3 Å². The molecule has 4 rings (SSSR count). The molecule has 1 aliphatic carbocycles. The van der Waals surface area contributed by atoms with Crippen LogP contribution >= 0.6 is 27.3 Å². The second-order valence-corrected chi connectivity index (χ2v) is 12.5. The lowest BCUT2D eigenvalue weighted by molar-refractivity contribution is 0.0996. The van der Waals surface area contributed by atoms with Crippen molar-refractivity contribution in [2.24, 2.45) is 4.99 Å². The molecule has 0 spiro atoms. The topological polar surface area (TPSA) is 81.0 Å². The van der Waals surface area contributed by atoms with E-state index in [1.807, 2.05) is 29.7 Å². The minimum Gasteiger partial charge on any atom is -0.380 e. The Morgan fingerprint density at radius 2 is 1.89 bits per heavy atom. The summed E-state index contributed by atoms with van der Waals surface area (Å²) in [5, 5.41) is 0. The number of sulfonamides is 1. The molecule has 0 unspecified atom stereocenters. The number of amides is 1. The molecule has 7 nitrogen and oxygen atoms in total. The zero-order valence-corrected chi connectivity index (χ0v) is 23.2. The Balaban J connectivity index is 1.60. The molecule has 1 heterocycles. The van der Waals surface area contributed by atoms with E-state index in [4.69, 9.17) is 4.74 Å². The fraction of sp³-hybridized carbons (Fsp3) is 0.440. The maximum atomic E-state index is 13.1. The van der Waals surface area contributed by atoms with Crippen molar-refractivity contribution in [1.29, 1.82) is 0 Å². The van der Waals surface area contributed by atoms with Crippen LogP contribution in [0.2, 0.25) is 0 Å². The molecule has 0 saturated heterocycles. The molecule has 1 aromatic heterocycles. The number of nitrogens with zero attached hydrogens (tertiary/aromatic N) is 3. The number of aromatic nitrogens is 1. The summed E-state index contributed by atoms with van der Waals surface area (Å²) >= 11 is 4.93. The van der Waals surface area contributed by atoms with Gasteiger partial charge in [-0.15, -0.1) is 0 Å². The summed E-state index contributed by atoms with van der Waals surface area (Å²) in [4.78, 5) is 18.2. The highest BCUT2D eigenvalue weighted by molar-refractivity contribution is 9.10. The van der Waals surface area contributed by atoms with Gasteiger partial charge in [0, 0.05) is 36.3 Å². The van der Waals surface area contributed by atoms with Crippen molar-refractivity contribution in [2.45, 2.75) is 56.5 Å². The van der Waals surface area contributed by atoms with Crippen molar-refractivity contribution in [2.75, 3.05) is 20.3 Å². The molecule has 35 heavy (non-hydrogen) atoms. The minimum absolute atomic E-state index is 0.0326. The van der Waals surface area contributed by atoms with Crippen LogP contribution in [-0.4, -0.2) is 49.5 Å². The largest absolute Gasteiger partial charge is 0.380 e. The number of fused-ring (bicyclic) bond motifs is 1. The summed E-state index contributed by atoms with van der Waals surface area (Å²) in [5.41, 5.74) is 1.33. The van der Waals surface area contributed by atoms with Gasteiger partial charge in [-0.3, -0.25) is 4.79 Å². The van der Waals surface area contributed by atoms with Crippen molar-refractivity contribution < 1.29 is 17.9 Å². The highest BCUT2D eigenvalue weighted by Gasteiger charge is 2.29. The predicted molar refractivity (Wildman–Crippen MR) is 142 cm³/mol. The van der Waals surface area contributed by atoms with Crippen LogP contribution in [0.15, 0.2) is 56.8 Å². The zero-order chi connectivity index (χ0) is 25.0. The van der Waals surface area contributed by atoms with E-state index in [9.17, 15) is 13.2 Å². The number of benzene rings is 2. The minimum atomic E-state index is -3.61. The van der Waals surface area contributed by atoms with Gasteiger partial charge in [-0.25, -0.2) is 8.42 Å². The second-order valence-electron chi connectivity index (χ2n) is 8.60. The molecule has 0 aliphatic heterocycles. The first-order chi connectivity index (χ1) is 16.8. The molecular formula is C25H30BrN3O4S2. The zero-order valence-electron chi connectivity index (χ0n) is 19.9. The molecule has 1 fully saturated rings. The summed E-state index contributed by atoms with van der Waals surface area (Å²) in [7, 11) is -1.96. The normalized spacial score (nSPS) is 15.8. The van der Waals surface area contributed by atoms with Gasteiger partial charge in [0.05, 0.1) is 21.7 Å². The molecule has 0 bridgehead atoms. The van der Waals surface area contributed by atoms with Crippen LogP contribution in [0, 0.1) is 0 Å². The third-order valence-electron chi connectivity index (χ3n) is 6.37. The van der Waals surface area contributed by atoms with Crippen LogP contribution in [0.25, 0.3) is 10.2 Å². The summed E-state index contributed by atoms with van der Waals surface area (Å²) < 4.78 is 37.2. The fourth-order valence-electron chi connectivity index (χ4n) is 4.38. The Hall–Kier alpha value is -1.85. The van der Waals surface area contributed by atoms with Crippen LogP contribution in [0.1, 0.15) is 49.4 Å². The Bertz CT molecular complexity index is 1360. The molecule has 3 aromatic rings. The average molecular weight is 581 g/mol. The SMILES string of the molecule is CCOCCn1c(=NC(=O)c2ccc(S(=O)(=O)N(C)C3CCCCC3)cc2)sc2cc(Br)ccc21. The van der Waals surface area contributed by atoms with Crippen molar-refractivity contribution in [3.63, 3.8) is 0 Å². The number of halogens is 1. The van der Waals surface area contributed by atoms with Gasteiger partial charge in [0.1, 0.15) is 0 Å². The van der Waals surface area contributed by atoms with E-state index in [2.05, 4.69) is 20.9 Å². The molecule has 0 N–H and O–H groups in total. The Labute approximate surface area is 218 Å². The van der Waals surface area contributed by atoms with Crippen LogP contribution < -0.4 is 4.80 Å². The van der Waals surface area contributed by atoms with E-state index >= 15 is 0 Å². The fourth-order valence-corrected chi connectivity index (χ4v) is 7.40. The van der Waals surface area contributed by atoms with E-state index in [1.54, 1.807) is 19.2 Å². The molecule has 0 atom stereocenters. The molecule has 1 aliphatic rings. The first kappa shape index (κ1) is 26.2. The molecule has 10 heteroatoms. The van der Waals surface area contributed by atoms with Gasteiger partial charge in [0.15, 0.2) is 4.80 Å². The summed E-state index contributed by atoms with van der Waals surface area (Å²) in [6.07, 6.45) is 5.05. The monoisotopic (exact) mass is 579 g/mol. The Morgan fingerprint density at radius 1 is 1.17 bits per heavy atom. The molecule has 0 radical (unpaired) electrons. The van der Waals surface area contributed by atoms with Gasteiger partial charge in [0.25, 0.3) is 5.91 Å². The molecule has 1 amide bonds. The standard InChI is InChI=1S/C25H30BrN3O4S2/c1-3-33-16-15-29-22-14-11-19(26)17-23(22)34-25(29)27-24(30)18-9-12-21(13-10-18)35(31,32)28(2)20-7-5-4-6-8-20/h9-14,17,20H,3-8,15-16H2,1-2H3. The molecule has 2 aromatic carbocycles. The summed E-state index contributed by atoms with van der Waals surface area (Å²) in [5.74, 6) is -0.412. The van der Waals surface area contributed by atoms with Gasteiger partial charge in [-0.05, 0) is 62.2 Å². The third-order valence-corrected chi connectivity index (χ3v) is 9.83. The summed E-state index contributed by atoms with van der Waals surface area (Å²) in [6.45, 7) is 3.65. The number of hydrogen-bond acceptors (Lipinski definition) is 5. The van der Waals surface area contributed by atoms with Crippen LogP contribution in [-0.2, 0) is 21.3 Å². The molecular weight excluding hydrogens is 550 g/mol. The maximum absolute atomic E-state index is 13.1. The van der Waals surface area contributed by atoms with E-state index in [0.29, 0.717) is 30.1 Å². The first-order valence-electron chi connectivity index (χ1n) is 11.8. The Morgan fingerprint density at radius 3 is 2.57 bits per heavy atom. The lowest BCUT2D eigenvalue weighted by Gasteiger charge is -2.30. The lowest BCUT2D eigenvalue weighted by Crippen LogP contribution is -2.38. The smallest absolute Gasteiger partial charge is 0.279 e. The molecule has 188 valence electrons. The number of carbonyl (C=O) groups excluding carboxylic acids is 1. The van der Waals surface area contributed by atoms with Crippen molar-refractivity contribution in [1.82, 2.24) is 8.87 Å². The van der Waals surface area contributed by atoms with E-state index < -0.39 is 15.9 Å². The third kappa shape index (κ3) is 5.94. The van der Waals surface area contributed by atoms with Gasteiger partial charge in [-0.2, -0.15) is 9.30 Å². The van der Waals surface area contributed by atoms with E-state index in [1.165, 1.54) is 27.8 Å². The predicted octanol–water partition coefficient (Wildman–Crippen LogP) is 5.20. The second kappa shape index (κ2) is 11.5. The van der Waals surface area contributed by atoms with Gasteiger partial charge >= 0.3 is 0 Å². The van der Waals surface area contributed by atoms with Gasteiger partial charge in [0.2, 0.25) is 10.0 Å². The highest BCUT2D eigenvalue weighted by atomic mass is 79.9. The molecule has 1 saturated carbocycles. The van der Waals surface area contributed by atoms with Crippen molar-refractivity contribution >= 4 is 53.4 Å². The van der Waals surface area contributed by atoms with E-state index in [-0.39, 0.29) is 10.9 Å². The van der Waals surface area contributed by atoms with Crippen LogP contribution in [0.5, 0.6) is 0 Å². The van der Waals surface area contributed by atoms with Crippen molar-refractivity contribution in [3.8, 4) is 0 Å². The first-order valence-corrected chi connectivity index (χ1v) is 14.9. The van der Waals surface area contributed by atoms with Crippen LogP contribution in [0.3, 0.4) is 0 Å². The quantitative estimate of drug-likeness (QED) is 0.344. The lowest BCUT2D eigenvalue weighted by atomic mass is 9.96. The van der Waals surface area contributed by atoms with Gasteiger partial charge < -0.3 is 9.30 Å². The van der Waals surface area contributed by atoms with Gasteiger partial charge in [-0.1, -0.05) is 46.5 Å². The van der Waals surface area contributed by atoms with E-state index in [0.717, 1.165) is 46.8 Å². The summed E-state index contributed by atoms with van der Waals surface area (Å²) in [6, 6.07) is 12.1. The highest BCUT2D eigenvalue weighted by Crippen LogP contribution is 2.27. The van der Waals surface area contributed by atoms with Crippen LogP contribution in [0.4, 0.5) is 0 Å². The number of rotatable bonds is 8. The number of thiazole rings is 1.